The van der Waals surface area contributed by atoms with E-state index >= 15 is 0 Å². The van der Waals surface area contributed by atoms with Crippen LogP contribution in [0.3, 0.4) is 0 Å². The summed E-state index contributed by atoms with van der Waals surface area (Å²) in [4.78, 5) is 12.8. The van der Waals surface area contributed by atoms with Gasteiger partial charge in [0.15, 0.2) is 0 Å². The topological polar surface area (TPSA) is 29.5 Å². The standard InChI is InChI=1S/C15H11BrCl2FNO2S/c1-22-11-6-4-5-10(9-11)20(23-15(17,18)19)14(21)12-7-2-3-8-13(12)16/h2-9H,1H3. The monoisotopic (exact) mass is 437 g/mol. The zero-order valence-electron chi connectivity index (χ0n) is 11.8. The number of benzene rings is 2. The molecule has 0 spiro atoms. The third-order valence-electron chi connectivity index (χ3n) is 2.77. The van der Waals surface area contributed by atoms with Gasteiger partial charge in [-0.05, 0) is 40.2 Å². The van der Waals surface area contributed by atoms with Crippen molar-refractivity contribution in [2.45, 2.75) is 3.92 Å². The number of hydrogen-bond donors (Lipinski definition) is 0. The smallest absolute Gasteiger partial charge is 0.324 e. The minimum Gasteiger partial charge on any atom is -0.497 e. The Bertz CT molecular complexity index is 712. The van der Waals surface area contributed by atoms with Crippen molar-refractivity contribution in [2.24, 2.45) is 0 Å². The van der Waals surface area contributed by atoms with Gasteiger partial charge in [-0.3, -0.25) is 4.79 Å². The van der Waals surface area contributed by atoms with Crippen LogP contribution in [0, 0.1) is 0 Å². The number of carbonyl (C=O) groups excluding carboxylic acids is 1. The number of anilines is 1. The molecule has 0 aliphatic rings. The lowest BCUT2D eigenvalue weighted by Crippen LogP contribution is -2.27. The maximum Gasteiger partial charge on any atom is 0.324 e. The summed E-state index contributed by atoms with van der Waals surface area (Å²) >= 11 is 14.6. The molecule has 0 aliphatic carbocycles. The molecule has 0 saturated carbocycles. The van der Waals surface area contributed by atoms with E-state index in [0.717, 1.165) is 4.31 Å². The van der Waals surface area contributed by atoms with Crippen molar-refractivity contribution in [2.75, 3.05) is 11.4 Å². The second-order valence-electron chi connectivity index (χ2n) is 4.32. The van der Waals surface area contributed by atoms with Gasteiger partial charge < -0.3 is 4.74 Å². The molecule has 0 bridgehead atoms. The van der Waals surface area contributed by atoms with Gasteiger partial charge in [0.2, 0.25) is 0 Å². The number of carbonyl (C=O) groups is 1. The highest BCUT2D eigenvalue weighted by molar-refractivity contribution is 9.10. The van der Waals surface area contributed by atoms with Gasteiger partial charge >= 0.3 is 3.92 Å². The first-order chi connectivity index (χ1) is 10.8. The Balaban J connectivity index is 2.45. The Morgan fingerprint density at radius 3 is 2.57 bits per heavy atom. The van der Waals surface area contributed by atoms with E-state index in [0.29, 0.717) is 33.4 Å². The summed E-state index contributed by atoms with van der Waals surface area (Å²) in [6.07, 6.45) is 0. The minimum absolute atomic E-state index is 0.348. The highest BCUT2D eigenvalue weighted by atomic mass is 79.9. The lowest BCUT2D eigenvalue weighted by atomic mass is 10.2. The molecular formula is C15H11BrCl2FNO2S. The van der Waals surface area contributed by atoms with Gasteiger partial charge in [-0.1, -0.05) is 41.4 Å². The van der Waals surface area contributed by atoms with E-state index in [-0.39, 0.29) is 0 Å². The fourth-order valence-electron chi connectivity index (χ4n) is 1.80. The quantitative estimate of drug-likeness (QED) is 0.435. The van der Waals surface area contributed by atoms with Crippen LogP contribution in [-0.2, 0) is 0 Å². The highest BCUT2D eigenvalue weighted by Crippen LogP contribution is 2.42. The average Bonchev–Trinajstić information content (AvgIpc) is 2.51. The first kappa shape index (κ1) is 18.4. The van der Waals surface area contributed by atoms with E-state index < -0.39 is 9.83 Å². The highest BCUT2D eigenvalue weighted by Gasteiger charge is 2.32. The number of methoxy groups -OCH3 is 1. The number of amides is 1. The predicted molar refractivity (Wildman–Crippen MR) is 97.1 cm³/mol. The summed E-state index contributed by atoms with van der Waals surface area (Å²) in [6.45, 7) is 0. The summed E-state index contributed by atoms with van der Waals surface area (Å²) in [5, 5.41) is 0. The average molecular weight is 439 g/mol. The van der Waals surface area contributed by atoms with Crippen LogP contribution in [-0.4, -0.2) is 16.9 Å². The molecule has 8 heteroatoms. The molecule has 2 rings (SSSR count). The molecule has 1 amide bonds. The molecule has 2 aromatic carbocycles. The molecule has 0 radical (unpaired) electrons. The summed E-state index contributed by atoms with van der Waals surface area (Å²) in [7, 11) is 1.49. The van der Waals surface area contributed by atoms with Crippen LogP contribution >= 0.6 is 51.1 Å². The number of alkyl halides is 3. The normalized spacial score (nSPS) is 11.2. The molecule has 0 fully saturated rings. The lowest BCUT2D eigenvalue weighted by molar-refractivity contribution is 0.101. The molecule has 0 heterocycles. The molecule has 3 nitrogen and oxygen atoms in total. The SMILES string of the molecule is COc1cccc(N(SC(F)(Cl)Cl)C(=O)c2ccccc2Br)c1. The van der Waals surface area contributed by atoms with E-state index in [9.17, 15) is 9.18 Å². The van der Waals surface area contributed by atoms with Crippen LogP contribution in [0.5, 0.6) is 5.75 Å². The molecule has 122 valence electrons. The van der Waals surface area contributed by atoms with Crippen LogP contribution in [0.1, 0.15) is 10.4 Å². The van der Waals surface area contributed by atoms with Crippen LogP contribution in [0.25, 0.3) is 0 Å². The van der Waals surface area contributed by atoms with Gasteiger partial charge in [-0.15, -0.1) is 0 Å². The molecule has 0 aromatic heterocycles. The first-order valence-electron chi connectivity index (χ1n) is 6.31. The summed E-state index contributed by atoms with van der Waals surface area (Å²) in [6, 6.07) is 13.4. The fraction of sp³-hybridized carbons (Fsp3) is 0.133. The maximum absolute atomic E-state index is 13.7. The van der Waals surface area contributed by atoms with Crippen molar-refractivity contribution in [3.63, 3.8) is 0 Å². The van der Waals surface area contributed by atoms with Gasteiger partial charge in [0.05, 0.1) is 18.4 Å². The molecule has 0 N–H and O–H groups in total. The summed E-state index contributed by atoms with van der Waals surface area (Å²) in [5.74, 6) is 0.0423. The van der Waals surface area contributed by atoms with Crippen LogP contribution < -0.4 is 9.04 Å². The Morgan fingerprint density at radius 2 is 1.96 bits per heavy atom. The van der Waals surface area contributed by atoms with E-state index in [1.54, 1.807) is 48.5 Å². The molecule has 23 heavy (non-hydrogen) atoms. The summed E-state index contributed by atoms with van der Waals surface area (Å²) < 4.78 is 17.9. The number of nitrogens with zero attached hydrogens (tertiary/aromatic N) is 1. The Kier molecular flexibility index (Phi) is 6.19. The van der Waals surface area contributed by atoms with Crippen LogP contribution in [0.2, 0.25) is 0 Å². The largest absolute Gasteiger partial charge is 0.497 e. The van der Waals surface area contributed by atoms with Gasteiger partial charge in [0.1, 0.15) is 5.75 Å². The van der Waals surface area contributed by atoms with E-state index in [4.69, 9.17) is 27.9 Å². The third kappa shape index (κ3) is 5.01. The van der Waals surface area contributed by atoms with E-state index in [1.165, 1.54) is 7.11 Å². The van der Waals surface area contributed by atoms with Crippen molar-refractivity contribution < 1.29 is 13.9 Å². The summed E-state index contributed by atoms with van der Waals surface area (Å²) in [5.41, 5.74) is 0.735. The molecule has 0 atom stereocenters. The molecule has 0 saturated heterocycles. The second-order valence-corrected chi connectivity index (χ2v) is 7.97. The second kappa shape index (κ2) is 7.75. The van der Waals surface area contributed by atoms with Crippen LogP contribution in [0.4, 0.5) is 10.1 Å². The zero-order chi connectivity index (χ0) is 17.0. The zero-order valence-corrected chi connectivity index (χ0v) is 15.7. The Labute approximate surface area is 156 Å². The van der Waals surface area contributed by atoms with Crippen molar-refractivity contribution >= 4 is 62.7 Å². The lowest BCUT2D eigenvalue weighted by Gasteiger charge is -2.24. The van der Waals surface area contributed by atoms with Gasteiger partial charge in [0, 0.05) is 22.5 Å². The Hall–Kier alpha value is -0.950. The first-order valence-corrected chi connectivity index (χ1v) is 8.63. The van der Waals surface area contributed by atoms with Gasteiger partial charge in [0.25, 0.3) is 5.91 Å². The van der Waals surface area contributed by atoms with Crippen molar-refractivity contribution in [1.82, 2.24) is 0 Å². The van der Waals surface area contributed by atoms with E-state index in [1.807, 2.05) is 0 Å². The number of rotatable bonds is 5. The molecule has 0 aliphatic heterocycles. The van der Waals surface area contributed by atoms with Crippen molar-refractivity contribution in [3.8, 4) is 5.75 Å². The van der Waals surface area contributed by atoms with Gasteiger partial charge in [-0.25, -0.2) is 4.31 Å². The maximum atomic E-state index is 13.7. The van der Waals surface area contributed by atoms with Gasteiger partial charge in [-0.2, -0.15) is 4.39 Å². The number of ether oxygens (including phenoxy) is 1. The predicted octanol–water partition coefficient (Wildman–Crippen LogP) is 5.81. The number of hydrogen-bond acceptors (Lipinski definition) is 3. The van der Waals surface area contributed by atoms with E-state index in [2.05, 4.69) is 15.9 Å². The third-order valence-corrected chi connectivity index (χ3v) is 4.64. The van der Waals surface area contributed by atoms with Crippen molar-refractivity contribution in [3.05, 3.63) is 58.6 Å². The Morgan fingerprint density at radius 1 is 1.26 bits per heavy atom. The minimum atomic E-state index is -2.67. The number of halogens is 4. The molecular weight excluding hydrogens is 428 g/mol. The fourth-order valence-corrected chi connectivity index (χ4v) is 3.27. The molecule has 2 aromatic rings. The van der Waals surface area contributed by atoms with Crippen molar-refractivity contribution in [1.29, 1.82) is 0 Å². The molecule has 0 unspecified atom stereocenters. The van der Waals surface area contributed by atoms with Crippen LogP contribution in [0.15, 0.2) is 53.0 Å².